The minimum Gasteiger partial charge on any atom is -0.491 e. The molecule has 0 amide bonds. The number of rotatable bonds is 43. The van der Waals surface area contributed by atoms with Crippen LogP contribution < -0.4 is 4.74 Å². The minimum absolute atomic E-state index is 0.0654. The molecule has 4 aliphatic rings. The maximum absolute atomic E-state index is 13.0. The van der Waals surface area contributed by atoms with Gasteiger partial charge in [-0.05, 0) is 276 Å². The Balaban J connectivity index is 0.821. The van der Waals surface area contributed by atoms with Crippen LogP contribution in [0.3, 0.4) is 0 Å². The van der Waals surface area contributed by atoms with Crippen LogP contribution in [0.5, 0.6) is 5.75 Å². The molecule has 1 unspecified atom stereocenters. The number of hydrogen-bond acceptors (Lipinski definition) is 4. The minimum atomic E-state index is -0.0654. The highest BCUT2D eigenvalue weighted by Gasteiger charge is 2.59. The van der Waals surface area contributed by atoms with Gasteiger partial charge in [0, 0.05) is 40.8 Å². The van der Waals surface area contributed by atoms with Gasteiger partial charge >= 0.3 is 5.97 Å². The number of allylic oxidation sites excluding steroid dienone is 1. The second kappa shape index (κ2) is 49.6. The molecule has 0 aliphatic heterocycles. The normalized spacial score (nSPS) is 19.3. The van der Waals surface area contributed by atoms with E-state index in [1.165, 1.54) is 188 Å². The lowest BCUT2D eigenvalue weighted by Gasteiger charge is -2.58. The molecule has 6 aromatic rings. The zero-order chi connectivity index (χ0) is 82.3. The van der Waals surface area contributed by atoms with Gasteiger partial charge in [-0.1, -0.05) is 323 Å². The zero-order valence-electron chi connectivity index (χ0n) is 74.6. The van der Waals surface area contributed by atoms with Crippen molar-refractivity contribution in [3.8, 4) is 65.0 Å². The van der Waals surface area contributed by atoms with E-state index in [-0.39, 0.29) is 5.97 Å². The average molecular weight is 1570 g/mol. The topological polar surface area (TPSA) is 44.8 Å². The molecule has 0 aromatic heterocycles. The van der Waals surface area contributed by atoms with Crippen LogP contribution in [0.2, 0.25) is 0 Å². The first kappa shape index (κ1) is 91.4. The lowest BCUT2D eigenvalue weighted by Crippen LogP contribution is -2.51. The fourth-order valence-electron chi connectivity index (χ4n) is 19.9. The third-order valence-corrected chi connectivity index (χ3v) is 27.2. The van der Waals surface area contributed by atoms with Crippen LogP contribution in [0.25, 0.3) is 0 Å². The molecule has 4 aliphatic carbocycles. The fourth-order valence-corrected chi connectivity index (χ4v) is 19.9. The third kappa shape index (κ3) is 28.4. The van der Waals surface area contributed by atoms with Crippen LogP contribution in [0, 0.1) is 106 Å². The van der Waals surface area contributed by atoms with Crippen molar-refractivity contribution >= 4 is 5.97 Å². The number of aryl methyl sites for hydroxylation is 5. The molecule has 0 spiro atoms. The molecule has 8 atom stereocenters. The number of esters is 1. The van der Waals surface area contributed by atoms with Crippen LogP contribution in [0.1, 0.15) is 390 Å². The maximum Gasteiger partial charge on any atom is 0.305 e. The molecule has 10 rings (SSSR count). The summed E-state index contributed by atoms with van der Waals surface area (Å²) in [5.74, 6) is 42.8. The maximum atomic E-state index is 13.0. The van der Waals surface area contributed by atoms with E-state index in [1.807, 2.05) is 0 Å². The van der Waals surface area contributed by atoms with Crippen LogP contribution in [-0.4, -0.2) is 31.9 Å². The van der Waals surface area contributed by atoms with Gasteiger partial charge in [-0.25, -0.2) is 0 Å². The predicted octanol–water partition coefficient (Wildman–Crippen LogP) is 29.0. The first-order valence-corrected chi connectivity index (χ1v) is 47.6. The van der Waals surface area contributed by atoms with Crippen molar-refractivity contribution in [2.24, 2.45) is 46.3 Å². The van der Waals surface area contributed by atoms with Gasteiger partial charge < -0.3 is 14.2 Å². The highest BCUT2D eigenvalue weighted by molar-refractivity contribution is 5.78. The molecule has 4 nitrogen and oxygen atoms in total. The number of carbonyl (C=O) groups excluding carboxylic acids is 1. The first-order valence-electron chi connectivity index (χ1n) is 47.6. The van der Waals surface area contributed by atoms with Crippen LogP contribution >= 0.6 is 0 Å². The van der Waals surface area contributed by atoms with E-state index < -0.39 is 0 Å². The average Bonchev–Trinajstić information content (AvgIpc) is 1.67. The van der Waals surface area contributed by atoms with Gasteiger partial charge in [0.05, 0.1) is 47.1 Å². The summed E-state index contributed by atoms with van der Waals surface area (Å²) < 4.78 is 19.8. The largest absolute Gasteiger partial charge is 0.491 e. The molecule has 0 N–H and O–H groups in total. The van der Waals surface area contributed by atoms with Gasteiger partial charge in [0.25, 0.3) is 0 Å². The highest BCUT2D eigenvalue weighted by atomic mass is 16.5. The molecule has 3 saturated carbocycles. The molecule has 0 bridgehead atoms. The quantitative estimate of drug-likeness (QED) is 0.0166. The Hall–Kier alpha value is -7.91. The van der Waals surface area contributed by atoms with Gasteiger partial charge in [0.15, 0.2) is 5.75 Å². The summed E-state index contributed by atoms with van der Waals surface area (Å²) in [6.07, 6.45) is 51.4. The smallest absolute Gasteiger partial charge is 0.305 e. The summed E-state index contributed by atoms with van der Waals surface area (Å²) in [5.41, 5.74) is 17.2. The number of unbranched alkanes of at least 4 members (excludes halogenated alkanes) is 18. The monoisotopic (exact) mass is 1570 g/mol. The van der Waals surface area contributed by atoms with Crippen molar-refractivity contribution in [3.63, 3.8) is 0 Å². The highest BCUT2D eigenvalue weighted by Crippen LogP contribution is 2.67. The SMILES string of the molecule is CCCCCc1ccc(C#Cc2c(C#Cc3ccc(CCCCC)cc3)c(C#Cc3ccc(CCCCC)cc3)c(OCCCCCCCCCCC(=O)OCCCCOC3CC[C@@]4(C)C(=CC[C@H]5[C@@H]6CC[C@H]([C@H](C)CCCC(C)C)[C@@]6(C)CC[C@@H]54)C3)c(C#Cc3ccc(CCCCC)cc3)c2C#Cc2ccc(CCCCC)cc2)cc1. The van der Waals surface area contributed by atoms with Crippen LogP contribution in [0.4, 0.5) is 0 Å². The summed E-state index contributed by atoms with van der Waals surface area (Å²) in [6, 6.07) is 44.0. The molecule has 4 heteroatoms. The Kier molecular flexibility index (Phi) is 38.7. The van der Waals surface area contributed by atoms with E-state index in [9.17, 15) is 4.79 Å². The van der Waals surface area contributed by atoms with Gasteiger partial charge in [-0.3, -0.25) is 4.79 Å². The summed E-state index contributed by atoms with van der Waals surface area (Å²) >= 11 is 0. The summed E-state index contributed by atoms with van der Waals surface area (Å²) in [6.45, 7) is 25.7. The Morgan fingerprint density at radius 2 is 0.786 bits per heavy atom. The molecule has 0 saturated heterocycles. The Morgan fingerprint density at radius 1 is 0.393 bits per heavy atom. The van der Waals surface area contributed by atoms with Crippen molar-refractivity contribution in [2.45, 2.75) is 345 Å². The summed E-state index contributed by atoms with van der Waals surface area (Å²) in [5, 5.41) is 0. The predicted molar refractivity (Wildman–Crippen MR) is 495 cm³/mol. The lowest BCUT2D eigenvalue weighted by molar-refractivity contribution is -0.144. The number of benzene rings is 6. The van der Waals surface area contributed by atoms with Crippen LogP contribution in [0.15, 0.2) is 133 Å². The number of hydrogen-bond donors (Lipinski definition) is 0. The molecular weight excluding hydrogens is 1420 g/mol. The van der Waals surface area contributed by atoms with Crippen molar-refractivity contribution in [1.29, 1.82) is 0 Å². The zero-order valence-corrected chi connectivity index (χ0v) is 74.6. The Morgan fingerprint density at radius 3 is 1.21 bits per heavy atom. The van der Waals surface area contributed by atoms with Crippen molar-refractivity contribution in [1.82, 2.24) is 0 Å². The van der Waals surface area contributed by atoms with Gasteiger partial charge in [-0.2, -0.15) is 0 Å². The second-order valence-corrected chi connectivity index (χ2v) is 36.6. The summed E-state index contributed by atoms with van der Waals surface area (Å²) in [4.78, 5) is 13.0. The molecule has 624 valence electrons. The van der Waals surface area contributed by atoms with E-state index >= 15 is 0 Å². The third-order valence-electron chi connectivity index (χ3n) is 27.2. The number of carbonyl (C=O) groups is 1. The molecule has 117 heavy (non-hydrogen) atoms. The van der Waals surface area contributed by atoms with E-state index in [4.69, 9.17) is 14.2 Å². The number of fused-ring (bicyclic) bond motifs is 5. The van der Waals surface area contributed by atoms with Crippen LogP contribution in [-0.2, 0) is 46.4 Å². The lowest BCUT2D eigenvalue weighted by atomic mass is 9.47. The molecular formula is C113H148O4. The van der Waals surface area contributed by atoms with Crippen molar-refractivity contribution in [3.05, 3.63) is 216 Å². The van der Waals surface area contributed by atoms with Gasteiger partial charge in [-0.15, -0.1) is 0 Å². The molecule has 3 fully saturated rings. The van der Waals surface area contributed by atoms with Crippen molar-refractivity contribution in [2.75, 3.05) is 19.8 Å². The van der Waals surface area contributed by atoms with E-state index in [1.54, 1.807) is 5.57 Å². The Bertz CT molecular complexity index is 4180. The molecule has 0 radical (unpaired) electrons. The van der Waals surface area contributed by atoms with Crippen molar-refractivity contribution < 1.29 is 19.0 Å². The summed E-state index contributed by atoms with van der Waals surface area (Å²) in [7, 11) is 0. The van der Waals surface area contributed by atoms with E-state index in [0.29, 0.717) is 70.1 Å². The fraction of sp³-hybridized carbons (Fsp3) is 0.566. The van der Waals surface area contributed by atoms with E-state index in [0.717, 1.165) is 173 Å². The second-order valence-electron chi connectivity index (χ2n) is 36.6. The Labute approximate surface area is 713 Å². The first-order chi connectivity index (χ1) is 57.2. The molecule has 6 aromatic carbocycles. The standard InChI is InChI=1S/C113H148O4/c1-11-16-27-39-89-45-55-94(56-46-89)65-71-101-102(72-66-95-57-47-90(48-58-95)40-28-17-12-2)104(74-68-97-61-51-92(52-62-97)42-30-19-14-4)111(105(75-69-98-63-53-93(54-64-98)43-31-20-15-5)103(101)73-67-96-59-49-91(50-60-96)41-29-18-13-3)117-85-33-26-24-22-21-23-25-32-44-110(114)116-84-35-34-83-115-100-79-81-112(9)99(86-100)70-76-106-108-78-77-107(88(8)38-36-37-87(6)7)113(108,10)82-80-109(106)112/h45-64,70,87-88,100,106-109H,11-44,76-86H2,1-10H3/t88-,100?,106+,107-,108+,109+,112+,113-/m1/s1. The van der Waals surface area contributed by atoms with E-state index in [2.05, 4.69) is 256 Å². The molecule has 0 heterocycles. The van der Waals surface area contributed by atoms with Gasteiger partial charge in [0.1, 0.15) is 0 Å². The number of ether oxygens (including phenoxy) is 3. The van der Waals surface area contributed by atoms with Gasteiger partial charge in [0.2, 0.25) is 0 Å².